The van der Waals surface area contributed by atoms with Gasteiger partial charge in [0.25, 0.3) is 0 Å². The van der Waals surface area contributed by atoms with Gasteiger partial charge in [0.1, 0.15) is 10.8 Å². The molecule has 1 aromatic rings. The van der Waals surface area contributed by atoms with Crippen LogP contribution in [0.1, 0.15) is 24.5 Å². The molecule has 2 N–H and O–H groups in total. The Kier molecular flexibility index (Phi) is 7.05. The van der Waals surface area contributed by atoms with Crippen LogP contribution in [0.3, 0.4) is 0 Å². The van der Waals surface area contributed by atoms with Crippen LogP contribution in [0.5, 0.6) is 0 Å². The highest BCUT2D eigenvalue weighted by Crippen LogP contribution is 2.14. The molecule has 0 aliphatic carbocycles. The summed E-state index contributed by atoms with van der Waals surface area (Å²) in [6.07, 6.45) is 1.08. The molecule has 20 heavy (non-hydrogen) atoms. The molecule has 0 amide bonds. The van der Waals surface area contributed by atoms with E-state index >= 15 is 0 Å². The van der Waals surface area contributed by atoms with Crippen molar-refractivity contribution in [3.8, 4) is 0 Å². The molecule has 0 saturated heterocycles. The van der Waals surface area contributed by atoms with Crippen molar-refractivity contribution in [2.24, 2.45) is 5.73 Å². The fourth-order valence-electron chi connectivity index (χ4n) is 2.08. The molecule has 0 heterocycles. The summed E-state index contributed by atoms with van der Waals surface area (Å²) in [6.45, 7) is 5.86. The van der Waals surface area contributed by atoms with Crippen LogP contribution in [0, 0.1) is 5.82 Å². The molecule has 0 radical (unpaired) electrons. The Bertz CT molecular complexity index is 449. The fraction of sp³-hybridized carbons (Fsp3) is 0.533. The zero-order valence-electron chi connectivity index (χ0n) is 12.5. The number of nitrogens with two attached hydrogens (primary N) is 1. The summed E-state index contributed by atoms with van der Waals surface area (Å²) in [7, 11) is 4.12. The molecule has 0 fully saturated rings. The van der Waals surface area contributed by atoms with E-state index in [2.05, 4.69) is 30.8 Å². The van der Waals surface area contributed by atoms with Crippen molar-refractivity contribution in [3.05, 3.63) is 35.1 Å². The highest BCUT2D eigenvalue weighted by Gasteiger charge is 2.11. The highest BCUT2D eigenvalue weighted by atomic mass is 32.1. The highest BCUT2D eigenvalue weighted by molar-refractivity contribution is 7.80. The van der Waals surface area contributed by atoms with Crippen molar-refractivity contribution in [2.75, 3.05) is 33.7 Å². The van der Waals surface area contributed by atoms with Crippen LogP contribution in [0.2, 0.25) is 0 Å². The standard InChI is InChI=1S/C15H24FN3S/c1-4-7-19(9-8-18(2)3)11-12-5-6-13(16)10-14(12)15(17)20/h5-6,10H,4,7-9,11H2,1-3H3,(H2,17,20). The Morgan fingerprint density at radius 1 is 1.25 bits per heavy atom. The molecule has 0 aromatic heterocycles. The van der Waals surface area contributed by atoms with Gasteiger partial charge in [0.05, 0.1) is 0 Å². The quantitative estimate of drug-likeness (QED) is 0.746. The molecule has 1 rings (SSSR count). The van der Waals surface area contributed by atoms with Crippen LogP contribution in [0.4, 0.5) is 4.39 Å². The lowest BCUT2D eigenvalue weighted by Gasteiger charge is -2.24. The van der Waals surface area contributed by atoms with E-state index in [1.807, 2.05) is 0 Å². The van der Waals surface area contributed by atoms with Crippen molar-refractivity contribution in [1.82, 2.24) is 9.80 Å². The lowest BCUT2D eigenvalue weighted by Crippen LogP contribution is -2.32. The lowest BCUT2D eigenvalue weighted by molar-refractivity contribution is 0.234. The molecular weight excluding hydrogens is 273 g/mol. The first-order valence-electron chi connectivity index (χ1n) is 6.89. The summed E-state index contributed by atoms with van der Waals surface area (Å²) in [5.41, 5.74) is 7.33. The Morgan fingerprint density at radius 3 is 2.50 bits per heavy atom. The van der Waals surface area contributed by atoms with Gasteiger partial charge in [-0.2, -0.15) is 0 Å². The number of hydrogen-bond donors (Lipinski definition) is 1. The van der Waals surface area contributed by atoms with Crippen LogP contribution in [-0.2, 0) is 6.54 Å². The minimum absolute atomic E-state index is 0.253. The molecule has 112 valence electrons. The first kappa shape index (κ1) is 17.0. The third kappa shape index (κ3) is 5.53. The Hall–Kier alpha value is -1.04. The largest absolute Gasteiger partial charge is 0.389 e. The third-order valence-electron chi connectivity index (χ3n) is 3.13. The predicted octanol–water partition coefficient (Wildman–Crippen LogP) is 2.23. The van der Waals surface area contributed by atoms with Gasteiger partial charge in [-0.1, -0.05) is 25.2 Å². The van der Waals surface area contributed by atoms with Crippen molar-refractivity contribution >= 4 is 17.2 Å². The van der Waals surface area contributed by atoms with Crippen LogP contribution in [0.25, 0.3) is 0 Å². The molecule has 0 aliphatic rings. The van der Waals surface area contributed by atoms with Crippen molar-refractivity contribution < 1.29 is 4.39 Å². The van der Waals surface area contributed by atoms with Gasteiger partial charge in [-0.05, 0) is 44.8 Å². The smallest absolute Gasteiger partial charge is 0.123 e. The average molecular weight is 297 g/mol. The first-order chi connectivity index (χ1) is 9.43. The number of thiocarbonyl (C=S) groups is 1. The summed E-state index contributed by atoms with van der Waals surface area (Å²) in [6, 6.07) is 4.67. The average Bonchev–Trinajstić information content (AvgIpc) is 2.37. The first-order valence-corrected chi connectivity index (χ1v) is 7.30. The minimum atomic E-state index is -0.299. The van der Waals surface area contributed by atoms with E-state index in [0.29, 0.717) is 5.56 Å². The van der Waals surface area contributed by atoms with Gasteiger partial charge in [0.2, 0.25) is 0 Å². The van der Waals surface area contributed by atoms with Gasteiger partial charge in [-0.25, -0.2) is 4.39 Å². The van der Waals surface area contributed by atoms with Gasteiger partial charge >= 0.3 is 0 Å². The molecule has 0 bridgehead atoms. The molecule has 5 heteroatoms. The molecule has 0 unspecified atom stereocenters. The molecule has 0 aliphatic heterocycles. The summed E-state index contributed by atoms with van der Waals surface area (Å²) < 4.78 is 13.3. The molecular formula is C15H24FN3S. The Labute approximate surface area is 126 Å². The molecule has 0 spiro atoms. The maximum absolute atomic E-state index is 13.3. The second-order valence-electron chi connectivity index (χ2n) is 5.25. The molecule has 0 atom stereocenters. The van der Waals surface area contributed by atoms with Gasteiger partial charge < -0.3 is 10.6 Å². The van der Waals surface area contributed by atoms with E-state index in [1.54, 1.807) is 6.07 Å². The third-order valence-corrected chi connectivity index (χ3v) is 3.35. The van der Waals surface area contributed by atoms with E-state index in [1.165, 1.54) is 12.1 Å². The van der Waals surface area contributed by atoms with Crippen molar-refractivity contribution in [1.29, 1.82) is 0 Å². The number of rotatable bonds is 8. The number of hydrogen-bond acceptors (Lipinski definition) is 3. The van der Waals surface area contributed by atoms with Gasteiger partial charge in [0.15, 0.2) is 0 Å². The second kappa shape index (κ2) is 8.29. The predicted molar refractivity (Wildman–Crippen MR) is 86.4 cm³/mol. The summed E-state index contributed by atoms with van der Waals surface area (Å²) in [5.74, 6) is -0.299. The monoisotopic (exact) mass is 297 g/mol. The zero-order chi connectivity index (χ0) is 15.1. The SMILES string of the molecule is CCCN(CCN(C)C)Cc1ccc(F)cc1C(N)=S. The van der Waals surface area contributed by atoms with Crippen molar-refractivity contribution in [2.45, 2.75) is 19.9 Å². The second-order valence-corrected chi connectivity index (χ2v) is 5.68. The fourth-order valence-corrected chi connectivity index (χ4v) is 2.27. The number of benzene rings is 1. The van der Waals surface area contributed by atoms with Crippen LogP contribution in [0.15, 0.2) is 18.2 Å². The van der Waals surface area contributed by atoms with E-state index < -0.39 is 0 Å². The van der Waals surface area contributed by atoms with E-state index in [-0.39, 0.29) is 10.8 Å². The summed E-state index contributed by atoms with van der Waals surface area (Å²) in [5, 5.41) is 0. The summed E-state index contributed by atoms with van der Waals surface area (Å²) in [4.78, 5) is 4.75. The maximum atomic E-state index is 13.3. The Balaban J connectivity index is 2.84. The van der Waals surface area contributed by atoms with Gasteiger partial charge in [-0.15, -0.1) is 0 Å². The van der Waals surface area contributed by atoms with Crippen LogP contribution >= 0.6 is 12.2 Å². The van der Waals surface area contributed by atoms with E-state index in [0.717, 1.165) is 38.2 Å². The van der Waals surface area contributed by atoms with Gasteiger partial charge in [-0.3, -0.25) is 4.90 Å². The van der Waals surface area contributed by atoms with E-state index in [9.17, 15) is 4.39 Å². The van der Waals surface area contributed by atoms with Gasteiger partial charge in [0, 0.05) is 25.2 Å². The zero-order valence-corrected chi connectivity index (χ0v) is 13.3. The summed E-state index contributed by atoms with van der Waals surface area (Å²) >= 11 is 5.02. The number of nitrogens with zero attached hydrogens (tertiary/aromatic N) is 2. The number of halogens is 1. The van der Waals surface area contributed by atoms with Crippen LogP contribution < -0.4 is 5.73 Å². The van der Waals surface area contributed by atoms with Crippen LogP contribution in [-0.4, -0.2) is 48.5 Å². The topological polar surface area (TPSA) is 32.5 Å². The molecule has 1 aromatic carbocycles. The minimum Gasteiger partial charge on any atom is -0.389 e. The normalized spacial score (nSPS) is 11.3. The number of likely N-dealkylation sites (N-methyl/N-ethyl adjacent to an activating group) is 1. The molecule has 3 nitrogen and oxygen atoms in total. The maximum Gasteiger partial charge on any atom is 0.123 e. The lowest BCUT2D eigenvalue weighted by atomic mass is 10.1. The van der Waals surface area contributed by atoms with E-state index in [4.69, 9.17) is 18.0 Å². The molecule has 0 saturated carbocycles. The Morgan fingerprint density at radius 2 is 1.95 bits per heavy atom. The van der Waals surface area contributed by atoms with Crippen molar-refractivity contribution in [3.63, 3.8) is 0 Å².